The SMILES string of the molecule is COc1cccc(C(=O)Oc2ccc3c(c2)OC(N)=C(C#N)C3c2ccc(Cl)cc2Cl)c1. The molecular formula is C24H16Cl2N2O4. The van der Waals surface area contributed by atoms with Gasteiger partial charge >= 0.3 is 5.97 Å². The Kier molecular flexibility index (Phi) is 5.95. The van der Waals surface area contributed by atoms with Gasteiger partial charge < -0.3 is 19.9 Å². The molecule has 0 saturated heterocycles. The molecule has 1 aliphatic rings. The third kappa shape index (κ3) is 4.09. The number of halogens is 2. The van der Waals surface area contributed by atoms with E-state index in [4.69, 9.17) is 43.1 Å². The van der Waals surface area contributed by atoms with Crippen LogP contribution in [0, 0.1) is 11.3 Å². The van der Waals surface area contributed by atoms with Crippen molar-refractivity contribution in [3.63, 3.8) is 0 Å². The number of methoxy groups -OCH3 is 1. The molecule has 1 aliphatic heterocycles. The van der Waals surface area contributed by atoms with E-state index < -0.39 is 11.9 Å². The van der Waals surface area contributed by atoms with E-state index in [-0.39, 0.29) is 17.2 Å². The predicted octanol–water partition coefficient (Wildman–Crippen LogP) is 5.44. The molecule has 0 radical (unpaired) electrons. The van der Waals surface area contributed by atoms with Crippen molar-refractivity contribution in [3.05, 3.63) is 98.9 Å². The summed E-state index contributed by atoms with van der Waals surface area (Å²) in [4.78, 5) is 12.5. The van der Waals surface area contributed by atoms with Crippen molar-refractivity contribution < 1.29 is 19.0 Å². The number of ether oxygens (including phenoxy) is 3. The van der Waals surface area contributed by atoms with Crippen LogP contribution < -0.4 is 19.9 Å². The first-order chi connectivity index (χ1) is 15.4. The summed E-state index contributed by atoms with van der Waals surface area (Å²) in [5, 5.41) is 10.6. The summed E-state index contributed by atoms with van der Waals surface area (Å²) in [6.07, 6.45) is 0. The van der Waals surface area contributed by atoms with Crippen molar-refractivity contribution in [1.82, 2.24) is 0 Å². The van der Waals surface area contributed by atoms with Gasteiger partial charge in [0.1, 0.15) is 28.9 Å². The van der Waals surface area contributed by atoms with E-state index in [0.717, 1.165) is 0 Å². The van der Waals surface area contributed by atoms with Crippen LogP contribution in [0.25, 0.3) is 0 Å². The summed E-state index contributed by atoms with van der Waals surface area (Å²) >= 11 is 12.4. The van der Waals surface area contributed by atoms with Crippen molar-refractivity contribution in [2.45, 2.75) is 5.92 Å². The van der Waals surface area contributed by atoms with Crippen LogP contribution >= 0.6 is 23.2 Å². The van der Waals surface area contributed by atoms with Gasteiger partial charge in [-0.25, -0.2) is 4.79 Å². The van der Waals surface area contributed by atoms with Crippen LogP contribution in [0.1, 0.15) is 27.4 Å². The maximum atomic E-state index is 12.5. The Balaban J connectivity index is 1.70. The molecule has 0 spiro atoms. The normalized spacial score (nSPS) is 14.8. The molecule has 1 atom stereocenters. The molecule has 0 saturated carbocycles. The Morgan fingerprint density at radius 1 is 1.06 bits per heavy atom. The van der Waals surface area contributed by atoms with Gasteiger partial charge in [0.2, 0.25) is 5.88 Å². The molecule has 0 fully saturated rings. The van der Waals surface area contributed by atoms with E-state index in [2.05, 4.69) is 6.07 Å². The molecule has 3 aromatic rings. The fourth-order valence-corrected chi connectivity index (χ4v) is 3.99. The number of fused-ring (bicyclic) bond motifs is 1. The molecule has 6 nitrogen and oxygen atoms in total. The van der Waals surface area contributed by atoms with Crippen molar-refractivity contribution >= 4 is 29.2 Å². The van der Waals surface area contributed by atoms with Gasteiger partial charge in [0.15, 0.2) is 0 Å². The fraction of sp³-hybridized carbons (Fsp3) is 0.0833. The average molecular weight is 467 g/mol. The minimum atomic E-state index is -0.559. The third-order valence-electron chi connectivity index (χ3n) is 4.98. The van der Waals surface area contributed by atoms with Crippen LogP contribution in [0.4, 0.5) is 0 Å². The first kappa shape index (κ1) is 21.6. The second-order valence-electron chi connectivity index (χ2n) is 6.91. The molecule has 8 heteroatoms. The zero-order valence-electron chi connectivity index (χ0n) is 16.8. The number of hydrogen-bond donors (Lipinski definition) is 1. The Morgan fingerprint density at radius 3 is 2.56 bits per heavy atom. The number of carbonyl (C=O) groups is 1. The number of hydrogen-bond acceptors (Lipinski definition) is 6. The summed E-state index contributed by atoms with van der Waals surface area (Å²) in [7, 11) is 1.52. The summed E-state index contributed by atoms with van der Waals surface area (Å²) in [6, 6.07) is 18.6. The summed E-state index contributed by atoms with van der Waals surface area (Å²) in [5.41, 5.74) is 7.90. The van der Waals surface area contributed by atoms with Crippen LogP contribution in [0.3, 0.4) is 0 Å². The maximum Gasteiger partial charge on any atom is 0.343 e. The Hall–Kier alpha value is -3.66. The summed E-state index contributed by atoms with van der Waals surface area (Å²) < 4.78 is 16.3. The Bertz CT molecular complexity index is 1300. The lowest BCUT2D eigenvalue weighted by Gasteiger charge is -2.27. The van der Waals surface area contributed by atoms with E-state index in [9.17, 15) is 10.1 Å². The Morgan fingerprint density at radius 2 is 1.84 bits per heavy atom. The highest BCUT2D eigenvalue weighted by atomic mass is 35.5. The number of esters is 1. The third-order valence-corrected chi connectivity index (χ3v) is 5.54. The van der Waals surface area contributed by atoms with Crippen molar-refractivity contribution in [2.75, 3.05) is 7.11 Å². The molecule has 160 valence electrons. The number of nitriles is 1. The van der Waals surface area contributed by atoms with Gasteiger partial charge in [-0.3, -0.25) is 0 Å². The lowest BCUT2D eigenvalue weighted by Crippen LogP contribution is -2.21. The molecule has 1 unspecified atom stereocenters. The lowest BCUT2D eigenvalue weighted by molar-refractivity contribution is 0.0734. The monoisotopic (exact) mass is 466 g/mol. The zero-order chi connectivity index (χ0) is 22.8. The molecule has 0 aliphatic carbocycles. The van der Waals surface area contributed by atoms with Crippen molar-refractivity contribution in [3.8, 4) is 23.3 Å². The number of rotatable bonds is 4. The average Bonchev–Trinajstić information content (AvgIpc) is 2.78. The van der Waals surface area contributed by atoms with Crippen LogP contribution in [-0.4, -0.2) is 13.1 Å². The molecule has 2 N–H and O–H groups in total. The quantitative estimate of drug-likeness (QED) is 0.406. The van der Waals surface area contributed by atoms with Gasteiger partial charge in [0.25, 0.3) is 0 Å². The van der Waals surface area contributed by atoms with Gasteiger partial charge in [0, 0.05) is 21.7 Å². The molecule has 0 bridgehead atoms. The van der Waals surface area contributed by atoms with Gasteiger partial charge in [-0.15, -0.1) is 0 Å². The number of nitrogens with zero attached hydrogens (tertiary/aromatic N) is 1. The Labute approximate surface area is 194 Å². The van der Waals surface area contributed by atoms with E-state index >= 15 is 0 Å². The van der Waals surface area contributed by atoms with Gasteiger partial charge in [0.05, 0.1) is 18.6 Å². The van der Waals surface area contributed by atoms with Gasteiger partial charge in [-0.2, -0.15) is 5.26 Å². The number of carbonyl (C=O) groups excluding carboxylic acids is 1. The number of nitrogens with two attached hydrogens (primary N) is 1. The van der Waals surface area contributed by atoms with Crippen molar-refractivity contribution in [1.29, 1.82) is 5.26 Å². The molecule has 1 heterocycles. The minimum absolute atomic E-state index is 0.0488. The fourth-order valence-electron chi connectivity index (χ4n) is 3.47. The second-order valence-corrected chi connectivity index (χ2v) is 7.76. The first-order valence-electron chi connectivity index (χ1n) is 9.44. The van der Waals surface area contributed by atoms with E-state index in [1.807, 2.05) is 0 Å². The first-order valence-corrected chi connectivity index (χ1v) is 10.2. The van der Waals surface area contributed by atoms with Crippen molar-refractivity contribution in [2.24, 2.45) is 5.73 Å². The zero-order valence-corrected chi connectivity index (χ0v) is 18.3. The van der Waals surface area contributed by atoms with Gasteiger partial charge in [-0.1, -0.05) is 41.4 Å². The van der Waals surface area contributed by atoms with Gasteiger partial charge in [-0.05, 0) is 42.0 Å². The smallest absolute Gasteiger partial charge is 0.343 e. The van der Waals surface area contributed by atoms with E-state index in [1.54, 1.807) is 60.7 Å². The largest absolute Gasteiger partial charge is 0.497 e. The standard InChI is InChI=1S/C24H16Cl2N2O4/c1-30-15-4-2-3-13(9-15)24(29)31-16-6-8-18-21(11-16)32-23(28)19(12-27)22(18)17-7-5-14(25)10-20(17)26/h2-11,22H,28H2,1H3. The maximum absolute atomic E-state index is 12.5. The molecule has 32 heavy (non-hydrogen) atoms. The lowest BCUT2D eigenvalue weighted by atomic mass is 9.83. The highest BCUT2D eigenvalue weighted by Gasteiger charge is 2.32. The summed E-state index contributed by atoms with van der Waals surface area (Å²) in [5.74, 6) is -0.0147. The highest BCUT2D eigenvalue weighted by Crippen LogP contribution is 2.45. The number of allylic oxidation sites excluding steroid dienone is 1. The minimum Gasteiger partial charge on any atom is -0.497 e. The molecule has 0 aromatic heterocycles. The molecule has 4 rings (SSSR count). The molecule has 3 aromatic carbocycles. The van der Waals surface area contributed by atoms with E-state index in [0.29, 0.717) is 38.2 Å². The predicted molar refractivity (Wildman–Crippen MR) is 120 cm³/mol. The molecular weight excluding hydrogens is 451 g/mol. The van der Waals surface area contributed by atoms with E-state index in [1.165, 1.54) is 7.11 Å². The van der Waals surface area contributed by atoms with Crippen LogP contribution in [0.15, 0.2) is 72.1 Å². The summed E-state index contributed by atoms with van der Waals surface area (Å²) in [6.45, 7) is 0. The van der Waals surface area contributed by atoms with Crippen LogP contribution in [0.2, 0.25) is 10.0 Å². The van der Waals surface area contributed by atoms with Crippen LogP contribution in [0.5, 0.6) is 17.2 Å². The molecule has 0 amide bonds. The second kappa shape index (κ2) is 8.83. The van der Waals surface area contributed by atoms with Crippen LogP contribution in [-0.2, 0) is 0 Å². The highest BCUT2D eigenvalue weighted by molar-refractivity contribution is 6.35. The number of benzene rings is 3. The topological polar surface area (TPSA) is 94.6 Å².